The van der Waals surface area contributed by atoms with E-state index >= 15 is 0 Å². The van der Waals surface area contributed by atoms with Crippen molar-refractivity contribution in [3.63, 3.8) is 0 Å². The van der Waals surface area contributed by atoms with Gasteiger partial charge in [0.05, 0.1) is 22.5 Å². The molecule has 0 amide bonds. The van der Waals surface area contributed by atoms with Gasteiger partial charge in [0.1, 0.15) is 17.7 Å². The molecule has 0 saturated heterocycles. The van der Waals surface area contributed by atoms with Crippen LogP contribution in [0.25, 0.3) is 22.3 Å². The second kappa shape index (κ2) is 11.4. The standard InChI is InChI=1S/C46H33N3O/c1-2-14-30(15-3-1)45-48-41(29-42(49-45)40-23-12-13-27-47-40)35-19-5-4-16-32(35)31-25-26-39-44(28-31)50-43-24-11-10-22-38(43)46(39)36-20-8-6-17-33(36)34-18-7-9-21-37(34)46/h1-26,28-29,45,47,49H,27H2. The number of aliphatic imine (C=N–C) groups is 1. The van der Waals surface area contributed by atoms with E-state index in [1.807, 2.05) is 6.07 Å². The number of nitrogens with zero attached hydrogens (tertiary/aromatic N) is 1. The average Bonchev–Trinajstić information content (AvgIpc) is 3.49. The number of benzene rings is 6. The van der Waals surface area contributed by atoms with E-state index in [0.717, 1.165) is 63.0 Å². The van der Waals surface area contributed by atoms with E-state index in [1.165, 1.54) is 27.8 Å². The summed E-state index contributed by atoms with van der Waals surface area (Å²) in [4.78, 5) is 5.30. The van der Waals surface area contributed by atoms with Crippen molar-refractivity contribution in [2.75, 3.05) is 6.54 Å². The molecule has 0 aromatic heterocycles. The largest absolute Gasteiger partial charge is 0.457 e. The molecule has 4 aliphatic rings. The van der Waals surface area contributed by atoms with Crippen molar-refractivity contribution in [2.24, 2.45) is 4.99 Å². The van der Waals surface area contributed by atoms with Gasteiger partial charge in [-0.3, -0.25) is 4.99 Å². The van der Waals surface area contributed by atoms with Gasteiger partial charge in [0.2, 0.25) is 0 Å². The predicted molar refractivity (Wildman–Crippen MR) is 201 cm³/mol. The van der Waals surface area contributed by atoms with E-state index in [4.69, 9.17) is 9.73 Å². The van der Waals surface area contributed by atoms with Crippen LogP contribution in [-0.4, -0.2) is 12.3 Å². The Morgan fingerprint density at radius 3 is 1.96 bits per heavy atom. The lowest BCUT2D eigenvalue weighted by atomic mass is 9.66. The third-order valence-electron chi connectivity index (χ3n) is 10.4. The summed E-state index contributed by atoms with van der Waals surface area (Å²) in [5, 5.41) is 7.21. The lowest BCUT2D eigenvalue weighted by molar-refractivity contribution is 0.436. The van der Waals surface area contributed by atoms with E-state index < -0.39 is 5.41 Å². The Hall–Kier alpha value is -6.39. The molecule has 0 bridgehead atoms. The van der Waals surface area contributed by atoms with Gasteiger partial charge >= 0.3 is 0 Å². The predicted octanol–water partition coefficient (Wildman–Crippen LogP) is 9.84. The molecule has 1 atom stereocenters. The van der Waals surface area contributed by atoms with Crippen molar-refractivity contribution in [1.82, 2.24) is 10.6 Å². The molecule has 1 spiro atoms. The van der Waals surface area contributed by atoms with Crippen molar-refractivity contribution >= 4 is 5.71 Å². The van der Waals surface area contributed by atoms with E-state index in [2.05, 4.69) is 174 Å². The molecule has 0 radical (unpaired) electrons. The number of hydrogen-bond acceptors (Lipinski definition) is 4. The van der Waals surface area contributed by atoms with Crippen LogP contribution in [0.2, 0.25) is 0 Å². The fourth-order valence-corrected chi connectivity index (χ4v) is 8.26. The first-order valence-electron chi connectivity index (χ1n) is 17.2. The summed E-state index contributed by atoms with van der Waals surface area (Å²) in [6, 6.07) is 52.0. The van der Waals surface area contributed by atoms with Crippen LogP contribution in [0.3, 0.4) is 0 Å². The quantitative estimate of drug-likeness (QED) is 0.201. The van der Waals surface area contributed by atoms with Gasteiger partial charge in [-0.1, -0.05) is 146 Å². The summed E-state index contributed by atoms with van der Waals surface area (Å²) in [6.07, 6.45) is 8.29. The summed E-state index contributed by atoms with van der Waals surface area (Å²) in [6.45, 7) is 0.790. The zero-order valence-electron chi connectivity index (χ0n) is 27.3. The Kier molecular flexibility index (Phi) is 6.50. The van der Waals surface area contributed by atoms with Crippen LogP contribution >= 0.6 is 0 Å². The van der Waals surface area contributed by atoms with Gasteiger partial charge in [0.25, 0.3) is 0 Å². The Bertz CT molecular complexity index is 2410. The fraction of sp³-hybridized carbons (Fsp3) is 0.0652. The zero-order valence-corrected chi connectivity index (χ0v) is 27.3. The van der Waals surface area contributed by atoms with Crippen LogP contribution in [0.4, 0.5) is 0 Å². The lowest BCUT2D eigenvalue weighted by Gasteiger charge is -2.39. The summed E-state index contributed by atoms with van der Waals surface area (Å²) in [7, 11) is 0. The Morgan fingerprint density at radius 1 is 0.580 bits per heavy atom. The number of allylic oxidation sites excluding steroid dienone is 3. The monoisotopic (exact) mass is 643 g/mol. The molecule has 3 aliphatic heterocycles. The minimum absolute atomic E-state index is 0.224. The van der Waals surface area contributed by atoms with E-state index in [9.17, 15) is 0 Å². The van der Waals surface area contributed by atoms with Gasteiger partial charge in [0.15, 0.2) is 0 Å². The number of rotatable bonds is 4. The number of dihydropyridines is 1. The third-order valence-corrected chi connectivity index (χ3v) is 10.4. The number of fused-ring (bicyclic) bond motifs is 9. The number of ether oxygens (including phenoxy) is 1. The molecule has 50 heavy (non-hydrogen) atoms. The van der Waals surface area contributed by atoms with E-state index in [-0.39, 0.29) is 6.17 Å². The molecule has 6 aromatic carbocycles. The van der Waals surface area contributed by atoms with Crippen molar-refractivity contribution in [3.8, 4) is 33.8 Å². The van der Waals surface area contributed by atoms with Crippen molar-refractivity contribution in [2.45, 2.75) is 11.6 Å². The van der Waals surface area contributed by atoms with Gasteiger partial charge in [-0.15, -0.1) is 0 Å². The average molecular weight is 644 g/mol. The number of para-hydroxylation sites is 1. The smallest absolute Gasteiger partial charge is 0.145 e. The fourth-order valence-electron chi connectivity index (χ4n) is 8.26. The van der Waals surface area contributed by atoms with E-state index in [1.54, 1.807) is 0 Å². The molecule has 10 rings (SSSR count). The highest BCUT2D eigenvalue weighted by Gasteiger charge is 2.50. The summed E-state index contributed by atoms with van der Waals surface area (Å²) < 4.78 is 6.84. The second-order valence-electron chi connectivity index (χ2n) is 13.1. The molecule has 6 aromatic rings. The van der Waals surface area contributed by atoms with Gasteiger partial charge in [-0.2, -0.15) is 0 Å². The van der Waals surface area contributed by atoms with Crippen LogP contribution in [0.5, 0.6) is 11.5 Å². The van der Waals surface area contributed by atoms with Crippen LogP contribution in [0.15, 0.2) is 186 Å². The maximum atomic E-state index is 6.84. The first-order valence-corrected chi connectivity index (χ1v) is 17.2. The number of hydrogen-bond donors (Lipinski definition) is 2. The molecule has 4 nitrogen and oxygen atoms in total. The molecule has 4 heteroatoms. The highest BCUT2D eigenvalue weighted by molar-refractivity contribution is 6.14. The summed E-state index contributed by atoms with van der Waals surface area (Å²) >= 11 is 0. The molecule has 238 valence electrons. The van der Waals surface area contributed by atoms with Crippen LogP contribution in [0, 0.1) is 0 Å². The molecule has 3 heterocycles. The second-order valence-corrected chi connectivity index (χ2v) is 13.1. The summed E-state index contributed by atoms with van der Waals surface area (Å²) in [5.74, 6) is 1.76. The van der Waals surface area contributed by atoms with Crippen molar-refractivity contribution < 1.29 is 4.74 Å². The van der Waals surface area contributed by atoms with Gasteiger partial charge in [-0.25, -0.2) is 0 Å². The van der Waals surface area contributed by atoms with Gasteiger partial charge in [0, 0.05) is 23.2 Å². The summed E-state index contributed by atoms with van der Waals surface area (Å²) in [5.41, 5.74) is 14.4. The van der Waals surface area contributed by atoms with Crippen LogP contribution < -0.4 is 15.4 Å². The van der Waals surface area contributed by atoms with Crippen LogP contribution in [0.1, 0.15) is 39.5 Å². The normalized spacial score (nSPS) is 17.4. The Labute approximate surface area is 291 Å². The van der Waals surface area contributed by atoms with E-state index in [0.29, 0.717) is 0 Å². The minimum atomic E-state index is -0.482. The molecular formula is C46H33N3O. The minimum Gasteiger partial charge on any atom is -0.457 e. The van der Waals surface area contributed by atoms with Crippen LogP contribution in [-0.2, 0) is 5.41 Å². The van der Waals surface area contributed by atoms with Gasteiger partial charge < -0.3 is 15.4 Å². The molecule has 1 unspecified atom stereocenters. The molecule has 1 aliphatic carbocycles. The molecule has 0 fully saturated rings. The lowest BCUT2D eigenvalue weighted by Crippen LogP contribution is -2.32. The Morgan fingerprint density at radius 2 is 1.22 bits per heavy atom. The topological polar surface area (TPSA) is 45.6 Å². The first kappa shape index (κ1) is 28.6. The third kappa shape index (κ3) is 4.28. The number of nitrogens with one attached hydrogen (secondary N) is 2. The highest BCUT2D eigenvalue weighted by Crippen LogP contribution is 2.62. The maximum Gasteiger partial charge on any atom is 0.145 e. The van der Waals surface area contributed by atoms with Crippen molar-refractivity contribution in [1.29, 1.82) is 0 Å². The first-order chi connectivity index (χ1) is 24.8. The maximum absolute atomic E-state index is 6.84. The highest BCUT2D eigenvalue weighted by atomic mass is 16.5. The van der Waals surface area contributed by atoms with Gasteiger partial charge in [-0.05, 0) is 63.2 Å². The SMILES string of the molecule is C1=CCNC(C2=CC(c3ccccc3-c3ccc4c(c3)Oc3ccccc3C43c4ccccc4-c4ccccc43)=NC(c3ccccc3)N2)=C1. The Balaban J connectivity index is 1.15. The zero-order chi connectivity index (χ0) is 33.1. The van der Waals surface area contributed by atoms with Crippen molar-refractivity contribution in [3.05, 3.63) is 215 Å². The molecular weight excluding hydrogens is 611 g/mol. The molecule has 2 N–H and O–H groups in total. The molecule has 0 saturated carbocycles.